The molecule has 0 unspecified atom stereocenters. The fourth-order valence-electron chi connectivity index (χ4n) is 4.22. The number of carbonyl (C=O) groups is 2. The number of H-pyrrole nitrogens is 1. The van der Waals surface area contributed by atoms with E-state index >= 15 is 0 Å². The van der Waals surface area contributed by atoms with Crippen LogP contribution in [0, 0.1) is 11.2 Å². The number of aliphatic hydroxyl groups is 1. The summed E-state index contributed by atoms with van der Waals surface area (Å²) in [5.74, 6) is 0.185. The van der Waals surface area contributed by atoms with Crippen LogP contribution in [0.4, 0.5) is 4.39 Å². The van der Waals surface area contributed by atoms with Gasteiger partial charge in [-0.2, -0.15) is 0 Å². The minimum absolute atomic E-state index is 0.00795. The molecule has 2 fully saturated rings. The molecule has 0 atom stereocenters. The van der Waals surface area contributed by atoms with Crippen LogP contribution in [0.5, 0.6) is 0 Å². The first-order valence-electron chi connectivity index (χ1n) is 12.3. The number of aromatic amines is 1. The van der Waals surface area contributed by atoms with E-state index in [1.165, 1.54) is 18.3 Å². The smallest absolute Gasteiger partial charge is 0.254 e. The fraction of sp³-hybridized carbons (Fsp3) is 0.481. The van der Waals surface area contributed by atoms with Gasteiger partial charge in [0.15, 0.2) is 6.29 Å². The summed E-state index contributed by atoms with van der Waals surface area (Å²) >= 11 is 0. The molecule has 2 heterocycles. The van der Waals surface area contributed by atoms with E-state index in [4.69, 9.17) is 5.41 Å². The van der Waals surface area contributed by atoms with Gasteiger partial charge in [0.1, 0.15) is 17.2 Å². The minimum Gasteiger partial charge on any atom is -0.380 e. The van der Waals surface area contributed by atoms with Gasteiger partial charge in [0.2, 0.25) is 0 Å². The second kappa shape index (κ2) is 11.3. The molecular weight excluding hydrogens is 461 g/mol. The van der Waals surface area contributed by atoms with E-state index in [0.29, 0.717) is 49.2 Å². The van der Waals surface area contributed by atoms with Crippen LogP contribution in [0.3, 0.4) is 0 Å². The average molecular weight is 498 g/mol. The van der Waals surface area contributed by atoms with Crippen molar-refractivity contribution in [2.75, 3.05) is 26.7 Å². The lowest BCUT2D eigenvalue weighted by Crippen LogP contribution is -2.63. The van der Waals surface area contributed by atoms with Crippen LogP contribution in [0.25, 0.3) is 5.57 Å². The molecular formula is C27H36FN5O3. The summed E-state index contributed by atoms with van der Waals surface area (Å²) in [6.07, 6.45) is 6.72. The Labute approximate surface area is 211 Å². The molecule has 2 aromatic rings. The lowest BCUT2D eigenvalue weighted by atomic mass is 9.78. The molecule has 3 N–H and O–H groups in total. The van der Waals surface area contributed by atoms with Crippen molar-refractivity contribution in [2.24, 2.45) is 0 Å². The van der Waals surface area contributed by atoms with Crippen LogP contribution >= 0.6 is 0 Å². The van der Waals surface area contributed by atoms with Crippen molar-refractivity contribution in [1.29, 1.82) is 5.41 Å². The molecule has 4 rings (SSSR count). The zero-order valence-corrected chi connectivity index (χ0v) is 21.5. The molecule has 0 spiro atoms. The number of allylic oxidation sites excluding steroid dienone is 2. The van der Waals surface area contributed by atoms with E-state index < -0.39 is 5.60 Å². The zero-order chi connectivity index (χ0) is 26.5. The van der Waals surface area contributed by atoms with E-state index in [1.54, 1.807) is 18.2 Å². The molecule has 0 radical (unpaired) electrons. The molecule has 1 saturated heterocycles. The maximum Gasteiger partial charge on any atom is 0.254 e. The molecule has 36 heavy (non-hydrogen) atoms. The van der Waals surface area contributed by atoms with Crippen LogP contribution in [0.1, 0.15) is 68.3 Å². The van der Waals surface area contributed by atoms with Gasteiger partial charge in [-0.3, -0.25) is 14.5 Å². The van der Waals surface area contributed by atoms with Gasteiger partial charge in [0.05, 0.1) is 17.6 Å². The van der Waals surface area contributed by atoms with Gasteiger partial charge in [-0.25, -0.2) is 9.37 Å². The molecule has 194 valence electrons. The van der Waals surface area contributed by atoms with Crippen molar-refractivity contribution in [3.05, 3.63) is 59.4 Å². The Morgan fingerprint density at radius 3 is 2.42 bits per heavy atom. The number of amides is 1. The third-order valence-electron chi connectivity index (χ3n) is 7.06. The lowest BCUT2D eigenvalue weighted by molar-refractivity contribution is -0.164. The van der Waals surface area contributed by atoms with E-state index in [0.717, 1.165) is 25.1 Å². The van der Waals surface area contributed by atoms with E-state index in [9.17, 15) is 19.1 Å². The Kier molecular flexibility index (Phi) is 8.58. The third-order valence-corrected chi connectivity index (χ3v) is 7.06. The van der Waals surface area contributed by atoms with Crippen LogP contribution in [-0.2, 0) is 4.79 Å². The average Bonchev–Trinajstić information content (AvgIpc) is 3.32. The zero-order valence-electron chi connectivity index (χ0n) is 21.5. The highest BCUT2D eigenvalue weighted by molar-refractivity contribution is 6.10. The summed E-state index contributed by atoms with van der Waals surface area (Å²) in [5.41, 5.74) is 1.07. The fourth-order valence-corrected chi connectivity index (χ4v) is 4.22. The first-order chi connectivity index (χ1) is 17.0. The van der Waals surface area contributed by atoms with Crippen LogP contribution in [0.2, 0.25) is 0 Å². The first-order valence-corrected chi connectivity index (χ1v) is 12.3. The molecule has 1 aliphatic heterocycles. The number of aromatic nitrogens is 2. The number of hydrogen-bond acceptors (Lipinski definition) is 6. The van der Waals surface area contributed by atoms with Crippen molar-refractivity contribution in [3.63, 3.8) is 0 Å². The van der Waals surface area contributed by atoms with Gasteiger partial charge in [-0.15, -0.1) is 0 Å². The van der Waals surface area contributed by atoms with Crippen molar-refractivity contribution in [1.82, 2.24) is 19.8 Å². The van der Waals surface area contributed by atoms with Gasteiger partial charge in [-0.1, -0.05) is 6.92 Å². The van der Waals surface area contributed by atoms with Gasteiger partial charge in [0.25, 0.3) is 5.91 Å². The summed E-state index contributed by atoms with van der Waals surface area (Å²) in [5, 5.41) is 18.1. The summed E-state index contributed by atoms with van der Waals surface area (Å²) in [6, 6.07) is 5.75. The van der Waals surface area contributed by atoms with E-state index in [2.05, 4.69) is 35.8 Å². The van der Waals surface area contributed by atoms with Crippen molar-refractivity contribution in [3.8, 4) is 0 Å². The lowest BCUT2D eigenvalue weighted by Gasteiger charge is -2.48. The molecule has 1 amide bonds. The quantitative estimate of drug-likeness (QED) is 0.416. The Bertz CT molecular complexity index is 1120. The number of likely N-dealkylation sites (N-methyl/N-ethyl adjacent to an activating group) is 1. The van der Waals surface area contributed by atoms with Gasteiger partial charge in [-0.05, 0) is 88.1 Å². The molecule has 8 nitrogen and oxygen atoms in total. The molecule has 9 heteroatoms. The monoisotopic (exact) mass is 497 g/mol. The number of halogens is 1. The standard InChI is InChI=1S/C15H14FN3O.C12H22N2O2/c1-2-10(15-18-8-13(9-20)19-15)7-14(17)11-3-5-12(16)6-4-11;1-11(2)9-14(8-7-13(11)3)10(15)12(16)5-4-6-12/h3-9,17H,2H2,1H3,(H,18,19);16H,4-9H2,1-3H3/b10-7-,17-14?;. The Morgan fingerprint density at radius 2 is 1.92 bits per heavy atom. The summed E-state index contributed by atoms with van der Waals surface area (Å²) < 4.78 is 12.9. The highest BCUT2D eigenvalue weighted by Crippen LogP contribution is 2.34. The number of piperazine rings is 1. The van der Waals surface area contributed by atoms with E-state index in [-0.39, 0.29) is 23.0 Å². The summed E-state index contributed by atoms with van der Waals surface area (Å²) in [7, 11) is 2.08. The number of rotatable bonds is 6. The van der Waals surface area contributed by atoms with Crippen LogP contribution in [-0.4, -0.2) is 80.6 Å². The van der Waals surface area contributed by atoms with Crippen LogP contribution < -0.4 is 0 Å². The Balaban J connectivity index is 0.000000205. The number of nitrogens with one attached hydrogen (secondary N) is 2. The number of benzene rings is 1. The van der Waals surface area contributed by atoms with Gasteiger partial charge >= 0.3 is 0 Å². The van der Waals surface area contributed by atoms with Crippen molar-refractivity contribution in [2.45, 2.75) is 57.6 Å². The summed E-state index contributed by atoms with van der Waals surface area (Å²) in [6.45, 7) is 8.54. The maximum atomic E-state index is 12.9. The Hall–Kier alpha value is -3.17. The summed E-state index contributed by atoms with van der Waals surface area (Å²) in [4.78, 5) is 33.9. The largest absolute Gasteiger partial charge is 0.380 e. The molecule has 1 aliphatic carbocycles. The second-order valence-electron chi connectivity index (χ2n) is 10.1. The predicted octanol–water partition coefficient (Wildman–Crippen LogP) is 3.68. The topological polar surface area (TPSA) is 113 Å². The number of hydrogen-bond donors (Lipinski definition) is 3. The Morgan fingerprint density at radius 1 is 1.25 bits per heavy atom. The molecule has 1 aromatic heterocycles. The first kappa shape index (κ1) is 27.4. The number of nitrogens with zero attached hydrogens (tertiary/aromatic N) is 3. The van der Waals surface area contributed by atoms with E-state index in [1.807, 2.05) is 11.8 Å². The minimum atomic E-state index is -1.04. The SMILES string of the molecule is CC/C(=C/C(=N)c1ccc(F)cc1)c1ncc(C=O)[nH]1.CN1CCN(C(=O)C2(O)CCC2)CC1(C)C. The third kappa shape index (κ3) is 6.33. The highest BCUT2D eigenvalue weighted by Gasteiger charge is 2.46. The normalized spacial score (nSPS) is 19.1. The molecule has 0 bridgehead atoms. The van der Waals surface area contributed by atoms with Gasteiger partial charge < -0.3 is 20.4 Å². The number of carbonyl (C=O) groups excluding carboxylic acids is 2. The number of aldehydes is 1. The molecule has 1 saturated carbocycles. The molecule has 1 aromatic carbocycles. The molecule has 2 aliphatic rings. The van der Waals surface area contributed by atoms with Crippen molar-refractivity contribution < 1.29 is 19.1 Å². The van der Waals surface area contributed by atoms with Gasteiger partial charge in [0, 0.05) is 25.2 Å². The predicted molar refractivity (Wildman–Crippen MR) is 138 cm³/mol. The highest BCUT2D eigenvalue weighted by atomic mass is 19.1. The second-order valence-corrected chi connectivity index (χ2v) is 10.1. The van der Waals surface area contributed by atoms with Crippen molar-refractivity contribution >= 4 is 23.5 Å². The van der Waals surface area contributed by atoms with Crippen LogP contribution in [0.15, 0.2) is 36.5 Å². The number of imidazole rings is 1. The maximum absolute atomic E-state index is 12.9.